The van der Waals surface area contributed by atoms with Gasteiger partial charge in [0.2, 0.25) is 0 Å². The third-order valence-electron chi connectivity index (χ3n) is 7.43. The van der Waals surface area contributed by atoms with E-state index >= 15 is 0 Å². The zero-order chi connectivity index (χ0) is 13.9. The van der Waals surface area contributed by atoms with E-state index in [9.17, 15) is 9.59 Å². The van der Waals surface area contributed by atoms with E-state index in [1.54, 1.807) is 0 Å². The number of hydrogen-bond donors (Lipinski definition) is 0. The molecule has 0 saturated heterocycles. The molecule has 0 aromatic carbocycles. The highest BCUT2D eigenvalue weighted by atomic mass is 16.1. The molecular weight excluding hydrogens is 248 g/mol. The molecule has 0 radical (unpaired) electrons. The minimum absolute atomic E-state index is 0.00726. The highest BCUT2D eigenvalue weighted by Crippen LogP contribution is 2.60. The Bertz CT molecular complexity index is 454. The molecule has 2 nitrogen and oxygen atoms in total. The van der Waals surface area contributed by atoms with Crippen LogP contribution in [0.5, 0.6) is 0 Å². The largest absolute Gasteiger partial charge is 0.300 e. The van der Waals surface area contributed by atoms with E-state index in [4.69, 9.17) is 0 Å². The van der Waals surface area contributed by atoms with Gasteiger partial charge in [-0.2, -0.15) is 0 Å². The molecule has 0 heterocycles. The van der Waals surface area contributed by atoms with E-state index in [0.29, 0.717) is 23.4 Å². The Balaban J connectivity index is 1.58. The summed E-state index contributed by atoms with van der Waals surface area (Å²) in [4.78, 5) is 24.1. The van der Waals surface area contributed by atoms with Crippen LogP contribution in [-0.2, 0) is 9.59 Å². The summed E-state index contributed by atoms with van der Waals surface area (Å²) >= 11 is 0. The maximum absolute atomic E-state index is 12.3. The van der Waals surface area contributed by atoms with Crippen LogP contribution in [0.15, 0.2) is 0 Å². The summed E-state index contributed by atoms with van der Waals surface area (Å²) in [6.45, 7) is 2.24. The average Bonchev–Trinajstić information content (AvgIpc) is 2.73. The van der Waals surface area contributed by atoms with Crippen LogP contribution in [0.25, 0.3) is 0 Å². The number of carbonyl (C=O) groups is 2. The SMILES string of the molecule is CC12CCC3CC4CCC(=O)CC4CC3C1CCC2=O. The first-order valence-corrected chi connectivity index (χ1v) is 8.63. The number of carbonyl (C=O) groups excluding carboxylic acids is 2. The molecule has 6 atom stereocenters. The van der Waals surface area contributed by atoms with Crippen molar-refractivity contribution in [3.05, 3.63) is 0 Å². The second kappa shape index (κ2) is 4.42. The van der Waals surface area contributed by atoms with E-state index in [-0.39, 0.29) is 5.41 Å². The number of rotatable bonds is 0. The zero-order valence-electron chi connectivity index (χ0n) is 12.6. The van der Waals surface area contributed by atoms with Gasteiger partial charge in [0.25, 0.3) is 0 Å². The minimum atomic E-state index is -0.00726. The maximum atomic E-state index is 12.3. The zero-order valence-corrected chi connectivity index (χ0v) is 12.6. The summed E-state index contributed by atoms with van der Waals surface area (Å²) in [5.74, 6) is 4.71. The van der Waals surface area contributed by atoms with Gasteiger partial charge in [-0.25, -0.2) is 0 Å². The van der Waals surface area contributed by atoms with Crippen LogP contribution in [0.3, 0.4) is 0 Å². The van der Waals surface area contributed by atoms with Gasteiger partial charge in [-0.15, -0.1) is 0 Å². The van der Waals surface area contributed by atoms with E-state index in [1.165, 1.54) is 19.3 Å². The number of hydrogen-bond acceptors (Lipinski definition) is 2. The van der Waals surface area contributed by atoms with E-state index in [0.717, 1.165) is 56.3 Å². The average molecular weight is 274 g/mol. The van der Waals surface area contributed by atoms with Crippen LogP contribution in [0.4, 0.5) is 0 Å². The predicted molar refractivity (Wildman–Crippen MR) is 77.1 cm³/mol. The Kier molecular flexibility index (Phi) is 2.88. The standard InChI is InChI=1S/C18H26O2/c1-18-7-6-12-8-11-2-3-14(19)9-13(11)10-15(12)16(18)4-5-17(18)20/h11-13,15-16H,2-10H2,1H3. The van der Waals surface area contributed by atoms with Gasteiger partial charge in [0, 0.05) is 24.7 Å². The predicted octanol–water partition coefficient (Wildman–Crippen LogP) is 3.78. The molecule has 4 fully saturated rings. The minimum Gasteiger partial charge on any atom is -0.300 e. The fourth-order valence-corrected chi connectivity index (χ4v) is 6.25. The molecule has 0 N–H and O–H groups in total. The van der Waals surface area contributed by atoms with Crippen LogP contribution in [0.2, 0.25) is 0 Å². The van der Waals surface area contributed by atoms with Gasteiger partial charge in [-0.1, -0.05) is 6.92 Å². The van der Waals surface area contributed by atoms with Crippen molar-refractivity contribution in [2.45, 2.75) is 64.7 Å². The molecule has 110 valence electrons. The smallest absolute Gasteiger partial charge is 0.139 e. The van der Waals surface area contributed by atoms with Gasteiger partial charge >= 0.3 is 0 Å². The molecule has 0 aliphatic heterocycles. The van der Waals surface area contributed by atoms with E-state index in [1.807, 2.05) is 0 Å². The summed E-state index contributed by atoms with van der Waals surface area (Å²) in [7, 11) is 0. The van der Waals surface area contributed by atoms with Crippen LogP contribution in [-0.4, -0.2) is 11.6 Å². The molecule has 0 spiro atoms. The molecule has 4 aliphatic rings. The topological polar surface area (TPSA) is 34.1 Å². The first-order chi connectivity index (χ1) is 9.58. The van der Waals surface area contributed by atoms with Crippen molar-refractivity contribution in [2.75, 3.05) is 0 Å². The van der Waals surface area contributed by atoms with Gasteiger partial charge < -0.3 is 0 Å². The first kappa shape index (κ1) is 13.0. The highest BCUT2D eigenvalue weighted by molar-refractivity contribution is 5.87. The quantitative estimate of drug-likeness (QED) is 0.673. The lowest BCUT2D eigenvalue weighted by Crippen LogP contribution is -2.47. The van der Waals surface area contributed by atoms with Crippen LogP contribution in [0.1, 0.15) is 64.7 Å². The molecule has 0 aromatic rings. The Morgan fingerprint density at radius 1 is 0.950 bits per heavy atom. The number of ketones is 2. The Morgan fingerprint density at radius 3 is 2.65 bits per heavy atom. The van der Waals surface area contributed by atoms with Crippen LogP contribution < -0.4 is 0 Å². The van der Waals surface area contributed by atoms with Gasteiger partial charge in [0.1, 0.15) is 11.6 Å². The third-order valence-corrected chi connectivity index (χ3v) is 7.43. The second-order valence-corrected chi connectivity index (χ2v) is 8.22. The van der Waals surface area contributed by atoms with Crippen molar-refractivity contribution in [3.63, 3.8) is 0 Å². The van der Waals surface area contributed by atoms with E-state index < -0.39 is 0 Å². The summed E-state index contributed by atoms with van der Waals surface area (Å²) in [6, 6.07) is 0. The summed E-state index contributed by atoms with van der Waals surface area (Å²) < 4.78 is 0. The number of fused-ring (bicyclic) bond motifs is 4. The Labute approximate surface area is 121 Å². The fraction of sp³-hybridized carbons (Fsp3) is 0.889. The number of Topliss-reactive ketones (excluding diaryl/α,β-unsaturated/α-hetero) is 2. The molecule has 6 unspecified atom stereocenters. The molecule has 2 heteroatoms. The molecule has 4 rings (SSSR count). The highest BCUT2D eigenvalue weighted by Gasteiger charge is 2.55. The lowest BCUT2D eigenvalue weighted by atomic mass is 9.52. The summed E-state index contributed by atoms with van der Waals surface area (Å²) in [5.41, 5.74) is -0.00726. The van der Waals surface area contributed by atoms with Gasteiger partial charge in [0.15, 0.2) is 0 Å². The lowest BCUT2D eigenvalue weighted by molar-refractivity contribution is -0.134. The van der Waals surface area contributed by atoms with Crippen molar-refractivity contribution in [1.29, 1.82) is 0 Å². The van der Waals surface area contributed by atoms with Gasteiger partial charge in [0.05, 0.1) is 0 Å². The van der Waals surface area contributed by atoms with Crippen molar-refractivity contribution in [1.82, 2.24) is 0 Å². The molecule has 20 heavy (non-hydrogen) atoms. The van der Waals surface area contributed by atoms with Gasteiger partial charge in [-0.05, 0) is 68.1 Å². The molecule has 0 bridgehead atoms. The normalized spacial score (nSPS) is 51.4. The van der Waals surface area contributed by atoms with Crippen molar-refractivity contribution in [2.24, 2.45) is 35.0 Å². The first-order valence-electron chi connectivity index (χ1n) is 8.63. The summed E-state index contributed by atoms with van der Waals surface area (Å²) in [6.07, 6.45) is 9.75. The third kappa shape index (κ3) is 1.76. The lowest BCUT2D eigenvalue weighted by Gasteiger charge is -2.52. The summed E-state index contributed by atoms with van der Waals surface area (Å²) in [5, 5.41) is 0. The van der Waals surface area contributed by atoms with Crippen molar-refractivity contribution < 1.29 is 9.59 Å². The molecule has 4 aliphatic carbocycles. The maximum Gasteiger partial charge on any atom is 0.139 e. The van der Waals surface area contributed by atoms with Crippen LogP contribution >= 0.6 is 0 Å². The van der Waals surface area contributed by atoms with Crippen molar-refractivity contribution in [3.8, 4) is 0 Å². The Morgan fingerprint density at radius 2 is 1.80 bits per heavy atom. The molecular formula is C18H26O2. The van der Waals surface area contributed by atoms with Crippen molar-refractivity contribution >= 4 is 11.6 Å². The fourth-order valence-electron chi connectivity index (χ4n) is 6.25. The second-order valence-electron chi connectivity index (χ2n) is 8.22. The van der Waals surface area contributed by atoms with Crippen LogP contribution in [0, 0.1) is 35.0 Å². The Hall–Kier alpha value is -0.660. The molecule has 4 saturated carbocycles. The monoisotopic (exact) mass is 274 g/mol. The van der Waals surface area contributed by atoms with E-state index in [2.05, 4.69) is 6.92 Å². The van der Waals surface area contributed by atoms with Gasteiger partial charge in [-0.3, -0.25) is 9.59 Å². The molecule has 0 amide bonds. The molecule has 0 aromatic heterocycles.